The van der Waals surface area contributed by atoms with Gasteiger partial charge < -0.3 is 30.0 Å². The summed E-state index contributed by atoms with van der Waals surface area (Å²) in [6, 6.07) is 16.8. The zero-order chi connectivity index (χ0) is 29.1. The number of carboxylic acids is 3. The van der Waals surface area contributed by atoms with Crippen LogP contribution in [0.1, 0.15) is 36.2 Å². The van der Waals surface area contributed by atoms with Gasteiger partial charge in [0, 0.05) is 32.0 Å². The number of nitrogens with one attached hydrogen (secondary N) is 1. The lowest BCUT2D eigenvalue weighted by atomic mass is 9.96. The highest BCUT2D eigenvalue weighted by atomic mass is 16.4. The van der Waals surface area contributed by atoms with Crippen LogP contribution in [0.15, 0.2) is 67.3 Å². The summed E-state index contributed by atoms with van der Waals surface area (Å²) in [6.07, 6.45) is 4.51. The van der Waals surface area contributed by atoms with Crippen LogP contribution in [0.3, 0.4) is 0 Å². The van der Waals surface area contributed by atoms with Gasteiger partial charge in [-0.1, -0.05) is 36.4 Å². The van der Waals surface area contributed by atoms with Crippen molar-refractivity contribution in [2.75, 3.05) is 6.54 Å². The average molecular weight is 552 g/mol. The Morgan fingerprint density at radius 1 is 0.975 bits per heavy atom. The van der Waals surface area contributed by atoms with Crippen LogP contribution in [0.2, 0.25) is 0 Å². The van der Waals surface area contributed by atoms with Crippen molar-refractivity contribution < 1.29 is 34.8 Å². The van der Waals surface area contributed by atoms with Crippen LogP contribution in [0.5, 0.6) is 0 Å². The number of hydrogen-bond donors (Lipinski definition) is 5. The fraction of sp³-hybridized carbons (Fsp3) is 0.321. The molecule has 4 rings (SSSR count). The van der Waals surface area contributed by atoms with Gasteiger partial charge in [-0.2, -0.15) is 0 Å². The van der Waals surface area contributed by atoms with Crippen molar-refractivity contribution in [3.63, 3.8) is 0 Å². The number of carboxylic acid groups (broad SMARTS) is 3. The Bertz CT molecular complexity index is 1370. The third-order valence-corrected chi connectivity index (χ3v) is 6.20. The molecule has 0 saturated carbocycles. The van der Waals surface area contributed by atoms with E-state index in [0.29, 0.717) is 0 Å². The van der Waals surface area contributed by atoms with E-state index in [4.69, 9.17) is 25.4 Å². The predicted molar refractivity (Wildman–Crippen MR) is 145 cm³/mol. The number of imidazole rings is 2. The van der Waals surface area contributed by atoms with Crippen LogP contribution in [-0.4, -0.2) is 74.9 Å². The largest absolute Gasteiger partial charge is 0.481 e. The van der Waals surface area contributed by atoms with E-state index >= 15 is 0 Å². The highest BCUT2D eigenvalue weighted by molar-refractivity contribution is 5.88. The first kappa shape index (κ1) is 30.0. The molecule has 0 aliphatic carbocycles. The molecule has 0 amide bonds. The van der Waals surface area contributed by atoms with Gasteiger partial charge in [-0.15, -0.1) is 0 Å². The van der Waals surface area contributed by atoms with Gasteiger partial charge >= 0.3 is 17.9 Å². The molecule has 5 N–H and O–H groups in total. The number of rotatable bonds is 13. The van der Waals surface area contributed by atoms with Crippen LogP contribution >= 0.6 is 0 Å². The van der Waals surface area contributed by atoms with Gasteiger partial charge in [0.2, 0.25) is 0 Å². The summed E-state index contributed by atoms with van der Waals surface area (Å²) in [7, 11) is 0. The van der Waals surface area contributed by atoms with E-state index in [1.807, 2.05) is 30.9 Å². The van der Waals surface area contributed by atoms with Gasteiger partial charge in [-0.05, 0) is 36.6 Å². The SMILES string of the molecule is Cc1ccccc1CN(CCCn1ccnc1)Cc1nc2ccccc2[nH]1.O=C(O)CC(O)(CC(=O)O)C(=O)O. The summed E-state index contributed by atoms with van der Waals surface area (Å²) < 4.78 is 2.13. The minimum atomic E-state index is -2.74. The van der Waals surface area contributed by atoms with Gasteiger partial charge in [0.25, 0.3) is 0 Å². The molecule has 0 bridgehead atoms. The second-order valence-electron chi connectivity index (χ2n) is 9.47. The molecule has 12 nitrogen and oxygen atoms in total. The van der Waals surface area contributed by atoms with Crippen molar-refractivity contribution in [2.24, 2.45) is 0 Å². The Kier molecular flexibility index (Phi) is 10.5. The number of para-hydroxylation sites is 2. The molecule has 2 aromatic heterocycles. The number of aliphatic hydroxyl groups is 1. The maximum atomic E-state index is 10.3. The quantitative estimate of drug-likeness (QED) is 0.166. The lowest BCUT2D eigenvalue weighted by Crippen LogP contribution is -2.42. The smallest absolute Gasteiger partial charge is 0.336 e. The first-order valence-electron chi connectivity index (χ1n) is 12.6. The molecule has 0 aliphatic heterocycles. The fourth-order valence-corrected chi connectivity index (χ4v) is 4.14. The Labute approximate surface area is 230 Å². The van der Waals surface area contributed by atoms with E-state index < -0.39 is 36.4 Å². The number of H-pyrrole nitrogens is 1. The minimum Gasteiger partial charge on any atom is -0.481 e. The van der Waals surface area contributed by atoms with E-state index in [-0.39, 0.29) is 0 Å². The molecular formula is C28H33N5O7. The number of fused-ring (bicyclic) bond motifs is 1. The molecule has 2 aromatic carbocycles. The Morgan fingerprint density at radius 3 is 2.25 bits per heavy atom. The van der Waals surface area contributed by atoms with Gasteiger partial charge in [-0.3, -0.25) is 14.5 Å². The second kappa shape index (κ2) is 14.0. The third kappa shape index (κ3) is 9.03. The van der Waals surface area contributed by atoms with Gasteiger partial charge in [0.15, 0.2) is 5.60 Å². The van der Waals surface area contributed by atoms with Crippen molar-refractivity contribution in [3.8, 4) is 0 Å². The molecule has 40 heavy (non-hydrogen) atoms. The van der Waals surface area contributed by atoms with Crippen LogP contribution in [0.4, 0.5) is 0 Å². The molecule has 212 valence electrons. The first-order chi connectivity index (χ1) is 19.1. The van der Waals surface area contributed by atoms with Crippen molar-refractivity contribution in [1.29, 1.82) is 0 Å². The monoisotopic (exact) mass is 551 g/mol. The predicted octanol–water partition coefficient (Wildman–Crippen LogP) is 2.91. The molecule has 0 unspecified atom stereocenters. The minimum absolute atomic E-state index is 0.812. The normalized spacial score (nSPS) is 11.3. The lowest BCUT2D eigenvalue weighted by Gasteiger charge is -2.22. The van der Waals surface area contributed by atoms with Crippen LogP contribution in [-0.2, 0) is 34.0 Å². The zero-order valence-electron chi connectivity index (χ0n) is 22.1. The number of hydrogen-bond acceptors (Lipinski definition) is 7. The number of aryl methyl sites for hydroxylation is 2. The molecule has 0 spiro atoms. The van der Waals surface area contributed by atoms with Crippen molar-refractivity contribution in [3.05, 3.63) is 84.2 Å². The molecule has 0 saturated heterocycles. The summed E-state index contributed by atoms with van der Waals surface area (Å²) in [5.74, 6) is -4.00. The number of carbonyl (C=O) groups is 3. The Hall–Kier alpha value is -4.55. The topological polar surface area (TPSA) is 182 Å². The fourth-order valence-electron chi connectivity index (χ4n) is 4.14. The Morgan fingerprint density at radius 2 is 1.65 bits per heavy atom. The zero-order valence-corrected chi connectivity index (χ0v) is 22.1. The molecular weight excluding hydrogens is 518 g/mol. The van der Waals surface area contributed by atoms with E-state index in [9.17, 15) is 14.4 Å². The van der Waals surface area contributed by atoms with E-state index in [1.165, 1.54) is 11.1 Å². The number of benzene rings is 2. The van der Waals surface area contributed by atoms with E-state index in [2.05, 4.69) is 62.8 Å². The lowest BCUT2D eigenvalue weighted by molar-refractivity contribution is -0.170. The van der Waals surface area contributed by atoms with Crippen LogP contribution < -0.4 is 0 Å². The molecule has 0 radical (unpaired) electrons. The average Bonchev–Trinajstić information content (AvgIpc) is 3.54. The summed E-state index contributed by atoms with van der Waals surface area (Å²) in [4.78, 5) is 45.3. The van der Waals surface area contributed by atoms with Gasteiger partial charge in [0.1, 0.15) is 5.82 Å². The summed E-state index contributed by atoms with van der Waals surface area (Å²) >= 11 is 0. The summed E-state index contributed by atoms with van der Waals surface area (Å²) in [5, 5.41) is 33.8. The van der Waals surface area contributed by atoms with E-state index in [0.717, 1.165) is 49.5 Å². The van der Waals surface area contributed by atoms with Gasteiger partial charge in [-0.25, -0.2) is 14.8 Å². The van der Waals surface area contributed by atoms with Crippen LogP contribution in [0.25, 0.3) is 11.0 Å². The molecule has 0 aliphatic rings. The standard InChI is InChI=1S/C22H25N5.C6H8O7/c1-18-7-2-3-8-19(18)15-27(13-6-12-26-14-11-23-17-26)16-22-24-20-9-4-5-10-21(20)25-22;7-3(8)1-6(13,5(11)12)2-4(9)10/h2-5,7-11,14,17H,6,12-13,15-16H2,1H3,(H,24,25);13H,1-2H2,(H,7,8)(H,9,10)(H,11,12). The number of aromatic nitrogens is 4. The second-order valence-corrected chi connectivity index (χ2v) is 9.47. The van der Waals surface area contributed by atoms with Gasteiger partial charge in [0.05, 0.1) is 36.7 Å². The maximum absolute atomic E-state index is 10.3. The van der Waals surface area contributed by atoms with E-state index in [1.54, 1.807) is 0 Å². The summed E-state index contributed by atoms with van der Waals surface area (Å²) in [6.45, 7) is 5.90. The summed E-state index contributed by atoms with van der Waals surface area (Å²) in [5.41, 5.74) is 2.10. The van der Waals surface area contributed by atoms with Crippen molar-refractivity contribution in [1.82, 2.24) is 24.4 Å². The van der Waals surface area contributed by atoms with Crippen LogP contribution in [0, 0.1) is 6.92 Å². The Balaban J connectivity index is 0.000000289. The molecule has 2 heterocycles. The first-order valence-corrected chi connectivity index (χ1v) is 12.6. The number of aromatic amines is 1. The number of aliphatic carboxylic acids is 3. The highest BCUT2D eigenvalue weighted by Gasteiger charge is 2.40. The molecule has 12 heteroatoms. The maximum Gasteiger partial charge on any atom is 0.336 e. The molecule has 4 aromatic rings. The van der Waals surface area contributed by atoms with Crippen molar-refractivity contribution >= 4 is 28.9 Å². The molecule has 0 atom stereocenters. The van der Waals surface area contributed by atoms with Crippen molar-refractivity contribution in [2.45, 2.75) is 51.4 Å². The number of nitrogens with zero attached hydrogens (tertiary/aromatic N) is 4. The highest BCUT2D eigenvalue weighted by Crippen LogP contribution is 2.17. The third-order valence-electron chi connectivity index (χ3n) is 6.20. The molecule has 0 fully saturated rings.